The molecule has 0 spiro atoms. The average Bonchev–Trinajstić information content (AvgIpc) is 2.48. The molecule has 0 bridgehead atoms. The first-order valence-corrected chi connectivity index (χ1v) is 6.85. The van der Waals surface area contributed by atoms with E-state index in [1.807, 2.05) is 30.3 Å². The molecule has 0 aromatic heterocycles. The van der Waals surface area contributed by atoms with Gasteiger partial charge in [0.2, 0.25) is 0 Å². The zero-order valence-electron chi connectivity index (χ0n) is 12.3. The van der Waals surface area contributed by atoms with Crippen molar-refractivity contribution in [1.29, 1.82) is 0 Å². The summed E-state index contributed by atoms with van der Waals surface area (Å²) in [7, 11) is 1.66. The minimum absolute atomic E-state index is 0.809. The average molecular weight is 271 g/mol. The molecular weight excluding hydrogens is 250 g/mol. The van der Waals surface area contributed by atoms with Gasteiger partial charge in [0.1, 0.15) is 17.2 Å². The lowest BCUT2D eigenvalue weighted by atomic mass is 10.1. The Hall–Kier alpha value is -2.00. The molecule has 3 nitrogen and oxygen atoms in total. The quantitative estimate of drug-likeness (QED) is 0.864. The van der Waals surface area contributed by atoms with Crippen molar-refractivity contribution in [3.05, 3.63) is 53.6 Å². The zero-order valence-corrected chi connectivity index (χ0v) is 12.3. The molecule has 2 aromatic rings. The fourth-order valence-corrected chi connectivity index (χ4v) is 1.98. The molecule has 20 heavy (non-hydrogen) atoms. The number of aryl methyl sites for hydroxylation is 1. The van der Waals surface area contributed by atoms with Gasteiger partial charge in [-0.2, -0.15) is 0 Å². The zero-order chi connectivity index (χ0) is 14.4. The predicted molar refractivity (Wildman–Crippen MR) is 81.6 cm³/mol. The van der Waals surface area contributed by atoms with Crippen molar-refractivity contribution in [2.75, 3.05) is 13.7 Å². The molecule has 0 saturated carbocycles. The van der Waals surface area contributed by atoms with Gasteiger partial charge in [-0.25, -0.2) is 0 Å². The second kappa shape index (κ2) is 6.96. The normalized spacial score (nSPS) is 10.3. The second-order valence-electron chi connectivity index (χ2n) is 4.67. The molecule has 0 fully saturated rings. The monoisotopic (exact) mass is 271 g/mol. The fourth-order valence-electron chi connectivity index (χ4n) is 1.98. The first-order chi connectivity index (χ1) is 9.72. The SMILES string of the molecule is CCNCc1cc(C)ccc1Oc1ccc(OC)cc1. The number of benzene rings is 2. The lowest BCUT2D eigenvalue weighted by Gasteiger charge is -2.13. The van der Waals surface area contributed by atoms with Crippen molar-refractivity contribution in [2.45, 2.75) is 20.4 Å². The summed E-state index contributed by atoms with van der Waals surface area (Å²) in [5.74, 6) is 2.53. The highest BCUT2D eigenvalue weighted by atomic mass is 16.5. The van der Waals surface area contributed by atoms with Crippen LogP contribution in [-0.4, -0.2) is 13.7 Å². The van der Waals surface area contributed by atoms with Crippen LogP contribution in [0.4, 0.5) is 0 Å². The van der Waals surface area contributed by atoms with Crippen LogP contribution < -0.4 is 14.8 Å². The van der Waals surface area contributed by atoms with Crippen molar-refractivity contribution in [3.63, 3.8) is 0 Å². The van der Waals surface area contributed by atoms with E-state index in [0.717, 1.165) is 30.3 Å². The van der Waals surface area contributed by atoms with Crippen molar-refractivity contribution in [3.8, 4) is 17.2 Å². The van der Waals surface area contributed by atoms with Crippen LogP contribution >= 0.6 is 0 Å². The van der Waals surface area contributed by atoms with Crippen LogP contribution in [0.25, 0.3) is 0 Å². The van der Waals surface area contributed by atoms with Crippen LogP contribution in [0.5, 0.6) is 17.2 Å². The van der Waals surface area contributed by atoms with E-state index in [1.165, 1.54) is 11.1 Å². The summed E-state index contributed by atoms with van der Waals surface area (Å²) in [6.07, 6.45) is 0. The molecular formula is C17H21NO2. The van der Waals surface area contributed by atoms with Crippen LogP contribution in [-0.2, 0) is 6.54 Å². The molecule has 0 heterocycles. The van der Waals surface area contributed by atoms with Crippen LogP contribution in [0.15, 0.2) is 42.5 Å². The molecule has 0 saturated heterocycles. The Morgan fingerprint density at radius 2 is 1.70 bits per heavy atom. The topological polar surface area (TPSA) is 30.5 Å². The third kappa shape index (κ3) is 3.75. The van der Waals surface area contributed by atoms with E-state index in [0.29, 0.717) is 0 Å². The summed E-state index contributed by atoms with van der Waals surface area (Å²) in [5, 5.41) is 3.34. The summed E-state index contributed by atoms with van der Waals surface area (Å²) >= 11 is 0. The van der Waals surface area contributed by atoms with Crippen molar-refractivity contribution >= 4 is 0 Å². The molecule has 0 atom stereocenters. The Balaban J connectivity index is 2.18. The molecule has 0 aliphatic carbocycles. The minimum atomic E-state index is 0.809. The Labute approximate surface area is 120 Å². The Bertz CT molecular complexity index is 549. The summed E-state index contributed by atoms with van der Waals surface area (Å²) < 4.78 is 11.1. The molecule has 3 heteroatoms. The van der Waals surface area contributed by atoms with Crippen LogP contribution in [0.2, 0.25) is 0 Å². The lowest BCUT2D eigenvalue weighted by Crippen LogP contribution is -2.12. The van der Waals surface area contributed by atoms with Crippen molar-refractivity contribution in [2.24, 2.45) is 0 Å². The second-order valence-corrected chi connectivity index (χ2v) is 4.67. The molecule has 2 aromatic carbocycles. The van der Waals surface area contributed by atoms with E-state index in [-0.39, 0.29) is 0 Å². The standard InChI is InChI=1S/C17H21NO2/c1-4-18-12-14-11-13(2)5-10-17(14)20-16-8-6-15(19-3)7-9-16/h5-11,18H,4,12H2,1-3H3. The van der Waals surface area contributed by atoms with Crippen molar-refractivity contribution < 1.29 is 9.47 Å². The lowest BCUT2D eigenvalue weighted by molar-refractivity contribution is 0.412. The van der Waals surface area contributed by atoms with E-state index in [9.17, 15) is 0 Å². The van der Waals surface area contributed by atoms with Crippen LogP contribution in [0.3, 0.4) is 0 Å². The van der Waals surface area contributed by atoms with Crippen LogP contribution in [0.1, 0.15) is 18.1 Å². The molecule has 0 aliphatic heterocycles. The number of ether oxygens (including phenoxy) is 2. The maximum atomic E-state index is 5.97. The summed E-state index contributed by atoms with van der Waals surface area (Å²) in [6, 6.07) is 13.9. The van der Waals surface area contributed by atoms with E-state index in [4.69, 9.17) is 9.47 Å². The van der Waals surface area contributed by atoms with Gasteiger partial charge in [-0.3, -0.25) is 0 Å². The van der Waals surface area contributed by atoms with Gasteiger partial charge in [0, 0.05) is 12.1 Å². The van der Waals surface area contributed by atoms with E-state index in [2.05, 4.69) is 31.3 Å². The number of hydrogen-bond donors (Lipinski definition) is 1. The van der Waals surface area contributed by atoms with Crippen molar-refractivity contribution in [1.82, 2.24) is 5.32 Å². The summed E-state index contributed by atoms with van der Waals surface area (Å²) in [4.78, 5) is 0. The molecule has 0 radical (unpaired) electrons. The van der Waals surface area contributed by atoms with Gasteiger partial charge in [-0.05, 0) is 43.8 Å². The Morgan fingerprint density at radius 3 is 2.35 bits per heavy atom. The highest BCUT2D eigenvalue weighted by Gasteiger charge is 2.05. The Kier molecular flexibility index (Phi) is 5.02. The molecule has 1 N–H and O–H groups in total. The maximum absolute atomic E-state index is 5.97. The van der Waals surface area contributed by atoms with Gasteiger partial charge in [0.15, 0.2) is 0 Å². The van der Waals surface area contributed by atoms with Gasteiger partial charge >= 0.3 is 0 Å². The van der Waals surface area contributed by atoms with Crippen LogP contribution in [0, 0.1) is 6.92 Å². The molecule has 0 aliphatic rings. The number of methoxy groups -OCH3 is 1. The number of nitrogens with one attached hydrogen (secondary N) is 1. The molecule has 106 valence electrons. The maximum Gasteiger partial charge on any atom is 0.131 e. The Morgan fingerprint density at radius 1 is 1.00 bits per heavy atom. The summed E-state index contributed by atoms with van der Waals surface area (Å²) in [6.45, 7) is 5.94. The van der Waals surface area contributed by atoms with Gasteiger partial charge in [-0.1, -0.05) is 24.6 Å². The van der Waals surface area contributed by atoms with Gasteiger partial charge in [-0.15, -0.1) is 0 Å². The smallest absolute Gasteiger partial charge is 0.131 e. The molecule has 0 unspecified atom stereocenters. The van der Waals surface area contributed by atoms with E-state index < -0.39 is 0 Å². The van der Waals surface area contributed by atoms with Gasteiger partial charge in [0.05, 0.1) is 7.11 Å². The first kappa shape index (κ1) is 14.4. The number of hydrogen-bond acceptors (Lipinski definition) is 3. The minimum Gasteiger partial charge on any atom is -0.497 e. The summed E-state index contributed by atoms with van der Waals surface area (Å²) in [5.41, 5.74) is 2.41. The first-order valence-electron chi connectivity index (χ1n) is 6.85. The highest BCUT2D eigenvalue weighted by molar-refractivity contribution is 5.41. The fraction of sp³-hybridized carbons (Fsp3) is 0.294. The number of rotatable bonds is 6. The predicted octanol–water partition coefficient (Wildman–Crippen LogP) is 3.91. The highest BCUT2D eigenvalue weighted by Crippen LogP contribution is 2.27. The van der Waals surface area contributed by atoms with Gasteiger partial charge < -0.3 is 14.8 Å². The molecule has 2 rings (SSSR count). The van der Waals surface area contributed by atoms with E-state index in [1.54, 1.807) is 7.11 Å². The third-order valence-corrected chi connectivity index (χ3v) is 3.07. The third-order valence-electron chi connectivity index (χ3n) is 3.07. The van der Waals surface area contributed by atoms with Gasteiger partial charge in [0.25, 0.3) is 0 Å². The van der Waals surface area contributed by atoms with E-state index >= 15 is 0 Å². The molecule has 0 amide bonds. The largest absolute Gasteiger partial charge is 0.497 e.